The molecular formula is C16H15Br2F2N. The van der Waals surface area contributed by atoms with Gasteiger partial charge in [0.2, 0.25) is 0 Å². The van der Waals surface area contributed by atoms with Crippen molar-refractivity contribution >= 4 is 31.9 Å². The fourth-order valence-electron chi connectivity index (χ4n) is 2.20. The van der Waals surface area contributed by atoms with Gasteiger partial charge in [-0.05, 0) is 61.3 Å². The Morgan fingerprint density at radius 2 is 1.76 bits per heavy atom. The molecule has 1 nitrogen and oxygen atoms in total. The summed E-state index contributed by atoms with van der Waals surface area (Å²) in [5.74, 6) is -1.63. The first-order valence-electron chi connectivity index (χ1n) is 6.49. The highest BCUT2D eigenvalue weighted by atomic mass is 79.9. The largest absolute Gasteiger partial charge is 0.313 e. The van der Waals surface area contributed by atoms with E-state index in [1.807, 2.05) is 26.1 Å². The van der Waals surface area contributed by atoms with E-state index in [0.29, 0.717) is 6.42 Å². The van der Waals surface area contributed by atoms with Crippen LogP contribution >= 0.6 is 31.9 Å². The summed E-state index contributed by atoms with van der Waals surface area (Å²) < 4.78 is 28.3. The second-order valence-corrected chi connectivity index (χ2v) is 6.63. The maximum Gasteiger partial charge on any atom is 0.159 e. The molecule has 1 atom stereocenters. The van der Waals surface area contributed by atoms with Crippen molar-refractivity contribution in [3.05, 3.63) is 67.6 Å². The molecule has 21 heavy (non-hydrogen) atoms. The molecule has 0 aliphatic rings. The van der Waals surface area contributed by atoms with Gasteiger partial charge >= 0.3 is 0 Å². The molecule has 2 aromatic carbocycles. The monoisotopic (exact) mass is 417 g/mol. The molecule has 1 N–H and O–H groups in total. The van der Waals surface area contributed by atoms with Gasteiger partial charge in [-0.3, -0.25) is 0 Å². The molecular weight excluding hydrogens is 404 g/mol. The lowest BCUT2D eigenvalue weighted by molar-refractivity contribution is 0.504. The zero-order chi connectivity index (χ0) is 15.6. The Morgan fingerprint density at radius 3 is 2.38 bits per heavy atom. The first-order valence-corrected chi connectivity index (χ1v) is 8.07. The third-order valence-electron chi connectivity index (χ3n) is 3.43. The van der Waals surface area contributed by atoms with Crippen LogP contribution in [0.4, 0.5) is 8.78 Å². The van der Waals surface area contributed by atoms with Crippen LogP contribution in [-0.4, -0.2) is 7.05 Å². The molecule has 2 rings (SSSR count). The summed E-state index contributed by atoms with van der Waals surface area (Å²) in [7, 11) is 1.85. The van der Waals surface area contributed by atoms with Crippen LogP contribution in [0.3, 0.4) is 0 Å². The molecule has 1 unspecified atom stereocenters. The molecule has 0 aromatic heterocycles. The SMILES string of the molecule is CNC(Cc1ccc(F)c(F)c1)c1cc(Br)c(C)cc1Br. The van der Waals surface area contributed by atoms with Crippen molar-refractivity contribution in [1.29, 1.82) is 0 Å². The molecule has 0 saturated heterocycles. The van der Waals surface area contributed by atoms with Crippen LogP contribution in [0.25, 0.3) is 0 Å². The van der Waals surface area contributed by atoms with E-state index in [1.165, 1.54) is 6.07 Å². The standard InChI is InChI=1S/C16H15Br2F2N/c1-9-5-13(18)11(8-12(9)17)16(21-2)7-10-3-4-14(19)15(20)6-10/h3-6,8,16,21H,7H2,1-2H3. The van der Waals surface area contributed by atoms with Crippen molar-refractivity contribution < 1.29 is 8.78 Å². The summed E-state index contributed by atoms with van der Waals surface area (Å²) in [6.45, 7) is 2.02. The number of aryl methyl sites for hydroxylation is 1. The molecule has 0 fully saturated rings. The summed E-state index contributed by atoms with van der Waals surface area (Å²) in [5.41, 5.74) is 2.95. The Balaban J connectivity index is 2.31. The molecule has 2 aromatic rings. The molecule has 0 spiro atoms. The Hall–Kier alpha value is -0.780. The Kier molecular flexibility index (Phi) is 5.52. The van der Waals surface area contributed by atoms with Gasteiger partial charge in [0.15, 0.2) is 11.6 Å². The zero-order valence-corrected chi connectivity index (χ0v) is 14.9. The van der Waals surface area contributed by atoms with Crippen LogP contribution < -0.4 is 5.32 Å². The molecule has 0 radical (unpaired) electrons. The van der Waals surface area contributed by atoms with Gasteiger partial charge in [-0.1, -0.05) is 37.9 Å². The van der Waals surface area contributed by atoms with Crippen molar-refractivity contribution in [3.8, 4) is 0 Å². The average Bonchev–Trinajstić information content (AvgIpc) is 2.44. The van der Waals surface area contributed by atoms with E-state index >= 15 is 0 Å². The minimum absolute atomic E-state index is 0.00105. The maximum atomic E-state index is 13.3. The molecule has 0 bridgehead atoms. The van der Waals surface area contributed by atoms with Crippen LogP contribution in [0, 0.1) is 18.6 Å². The number of rotatable bonds is 4. The predicted molar refractivity (Wildman–Crippen MR) is 88.4 cm³/mol. The summed E-state index contributed by atoms with van der Waals surface area (Å²) in [6.07, 6.45) is 0.571. The van der Waals surface area contributed by atoms with Gasteiger partial charge in [-0.15, -0.1) is 0 Å². The number of benzene rings is 2. The van der Waals surface area contributed by atoms with E-state index in [4.69, 9.17) is 0 Å². The van der Waals surface area contributed by atoms with Crippen molar-refractivity contribution in [2.45, 2.75) is 19.4 Å². The number of hydrogen-bond acceptors (Lipinski definition) is 1. The molecule has 0 heterocycles. The molecule has 112 valence electrons. The summed E-state index contributed by atoms with van der Waals surface area (Å²) in [6, 6.07) is 8.10. The third-order valence-corrected chi connectivity index (χ3v) is 4.97. The summed E-state index contributed by atoms with van der Waals surface area (Å²) in [5, 5.41) is 3.22. The van der Waals surface area contributed by atoms with E-state index in [1.54, 1.807) is 6.07 Å². The lowest BCUT2D eigenvalue weighted by atomic mass is 9.98. The lowest BCUT2D eigenvalue weighted by Crippen LogP contribution is -2.19. The molecule has 0 saturated carbocycles. The van der Waals surface area contributed by atoms with Gasteiger partial charge in [0.05, 0.1) is 0 Å². The summed E-state index contributed by atoms with van der Waals surface area (Å²) >= 11 is 7.09. The van der Waals surface area contributed by atoms with Gasteiger partial charge in [0.1, 0.15) is 0 Å². The van der Waals surface area contributed by atoms with Crippen molar-refractivity contribution in [3.63, 3.8) is 0 Å². The van der Waals surface area contributed by atoms with Crippen LogP contribution in [0.1, 0.15) is 22.7 Å². The maximum absolute atomic E-state index is 13.3. The van der Waals surface area contributed by atoms with Gasteiger partial charge in [0, 0.05) is 15.0 Å². The van der Waals surface area contributed by atoms with Crippen molar-refractivity contribution in [1.82, 2.24) is 5.32 Å². The van der Waals surface area contributed by atoms with E-state index < -0.39 is 11.6 Å². The number of hydrogen-bond donors (Lipinski definition) is 1. The second-order valence-electron chi connectivity index (χ2n) is 4.92. The number of nitrogens with one attached hydrogen (secondary N) is 1. The average molecular weight is 419 g/mol. The first kappa shape index (κ1) is 16.6. The topological polar surface area (TPSA) is 12.0 Å². The Bertz CT molecular complexity index is 659. The van der Waals surface area contributed by atoms with Gasteiger partial charge in [0.25, 0.3) is 0 Å². The normalized spacial score (nSPS) is 12.5. The first-order chi connectivity index (χ1) is 9.92. The highest BCUT2D eigenvalue weighted by Gasteiger charge is 2.16. The zero-order valence-electron chi connectivity index (χ0n) is 11.7. The van der Waals surface area contributed by atoms with Crippen LogP contribution in [-0.2, 0) is 6.42 Å². The minimum atomic E-state index is -0.820. The highest BCUT2D eigenvalue weighted by Crippen LogP contribution is 2.31. The smallest absolute Gasteiger partial charge is 0.159 e. The third kappa shape index (κ3) is 3.90. The lowest BCUT2D eigenvalue weighted by Gasteiger charge is -2.19. The van der Waals surface area contributed by atoms with Gasteiger partial charge < -0.3 is 5.32 Å². The minimum Gasteiger partial charge on any atom is -0.313 e. The van der Waals surface area contributed by atoms with E-state index in [9.17, 15) is 8.78 Å². The van der Waals surface area contributed by atoms with Crippen LogP contribution in [0.15, 0.2) is 39.3 Å². The van der Waals surface area contributed by atoms with Crippen LogP contribution in [0.5, 0.6) is 0 Å². The Labute approximate surface area is 140 Å². The Morgan fingerprint density at radius 1 is 1.05 bits per heavy atom. The fraction of sp³-hybridized carbons (Fsp3) is 0.250. The predicted octanol–water partition coefficient (Wildman–Crippen LogP) is 5.30. The summed E-state index contributed by atoms with van der Waals surface area (Å²) in [4.78, 5) is 0. The van der Waals surface area contributed by atoms with Crippen LogP contribution in [0.2, 0.25) is 0 Å². The van der Waals surface area contributed by atoms with Crippen molar-refractivity contribution in [2.75, 3.05) is 7.05 Å². The van der Waals surface area contributed by atoms with Gasteiger partial charge in [-0.25, -0.2) is 8.78 Å². The fourth-order valence-corrected chi connectivity index (χ4v) is 3.29. The van der Waals surface area contributed by atoms with E-state index in [-0.39, 0.29) is 6.04 Å². The van der Waals surface area contributed by atoms with Crippen molar-refractivity contribution in [2.24, 2.45) is 0 Å². The van der Waals surface area contributed by atoms with Gasteiger partial charge in [-0.2, -0.15) is 0 Å². The number of halogens is 4. The molecule has 5 heteroatoms. The number of likely N-dealkylation sites (N-methyl/N-ethyl adjacent to an activating group) is 1. The molecule has 0 amide bonds. The van der Waals surface area contributed by atoms with E-state index in [2.05, 4.69) is 37.2 Å². The second kappa shape index (κ2) is 6.99. The molecule has 0 aliphatic heterocycles. The van der Waals surface area contributed by atoms with E-state index in [0.717, 1.165) is 31.7 Å². The highest BCUT2D eigenvalue weighted by molar-refractivity contribution is 9.11. The molecule has 0 aliphatic carbocycles. The quantitative estimate of drug-likeness (QED) is 0.710.